The van der Waals surface area contributed by atoms with Crippen LogP contribution in [0.25, 0.3) is 0 Å². The van der Waals surface area contributed by atoms with Gasteiger partial charge in [0.1, 0.15) is 0 Å². The van der Waals surface area contributed by atoms with Crippen LogP contribution in [0.5, 0.6) is 0 Å². The number of nitrogens with one attached hydrogen (secondary N) is 1. The van der Waals surface area contributed by atoms with Crippen LogP contribution in [-0.4, -0.2) is 64.8 Å². The zero-order valence-electron chi connectivity index (χ0n) is 13.7. The summed E-state index contributed by atoms with van der Waals surface area (Å²) in [6.45, 7) is 9.49. The summed E-state index contributed by atoms with van der Waals surface area (Å²) in [4.78, 5) is 2.58. The Morgan fingerprint density at radius 1 is 1.36 bits per heavy atom. The van der Waals surface area contributed by atoms with Crippen LogP contribution in [0.1, 0.15) is 29.8 Å². The molecule has 1 aliphatic heterocycles. The molecule has 1 aromatic heterocycles. The lowest BCUT2D eigenvalue weighted by atomic mass is 10.2. The maximum absolute atomic E-state index is 9.07. The first-order valence-corrected chi connectivity index (χ1v) is 8.39. The van der Waals surface area contributed by atoms with Gasteiger partial charge in [-0.2, -0.15) is 5.10 Å². The van der Waals surface area contributed by atoms with Crippen molar-refractivity contribution in [2.75, 3.05) is 32.8 Å². The van der Waals surface area contributed by atoms with Crippen LogP contribution in [0, 0.1) is 13.8 Å². The van der Waals surface area contributed by atoms with Crippen molar-refractivity contribution in [3.8, 4) is 0 Å². The Bertz CT molecular complexity index is 499. The Labute approximate surface area is 132 Å². The fraction of sp³-hybridized carbons (Fsp3) is 0.812. The van der Waals surface area contributed by atoms with Gasteiger partial charge in [0.05, 0.1) is 31.6 Å². The number of rotatable bonds is 7. The first-order chi connectivity index (χ1) is 10.7. The van der Waals surface area contributed by atoms with Gasteiger partial charge in [0.25, 0.3) is 0 Å². The Morgan fingerprint density at radius 2 is 2.18 bits per heavy atom. The second kappa shape index (κ2) is 7.08. The van der Waals surface area contributed by atoms with Gasteiger partial charge in [-0.25, -0.2) is 0 Å². The number of nitrogens with zero attached hydrogens (tertiary/aromatic N) is 3. The van der Waals surface area contributed by atoms with Gasteiger partial charge < -0.3 is 15.2 Å². The fourth-order valence-electron chi connectivity index (χ4n) is 3.30. The van der Waals surface area contributed by atoms with Crippen LogP contribution in [0.3, 0.4) is 0 Å². The van der Waals surface area contributed by atoms with Crippen LogP contribution < -0.4 is 5.32 Å². The smallest absolute Gasteiger partial charge is 0.0826 e. The molecule has 124 valence electrons. The molecule has 1 saturated heterocycles. The average Bonchev–Trinajstić information content (AvgIpc) is 3.32. The Hall–Kier alpha value is -0.950. The number of ether oxygens (including phenoxy) is 1. The predicted octanol–water partition coefficient (Wildman–Crippen LogP) is 0.445. The van der Waals surface area contributed by atoms with Crippen molar-refractivity contribution in [1.82, 2.24) is 20.0 Å². The highest BCUT2D eigenvalue weighted by Crippen LogP contribution is 2.28. The highest BCUT2D eigenvalue weighted by atomic mass is 16.5. The average molecular weight is 308 g/mol. The SMILES string of the molecule is Cc1nn(CCO)c(C)c1CNC[C@H]1CN(C2CC2)CCO1. The Morgan fingerprint density at radius 3 is 2.91 bits per heavy atom. The number of aryl methyl sites for hydroxylation is 1. The molecule has 0 radical (unpaired) electrons. The van der Waals surface area contributed by atoms with E-state index in [1.165, 1.54) is 18.4 Å². The number of morpholine rings is 1. The number of aliphatic hydroxyl groups is 1. The van der Waals surface area contributed by atoms with Crippen molar-refractivity contribution in [3.63, 3.8) is 0 Å². The number of hydrogen-bond donors (Lipinski definition) is 2. The first kappa shape index (κ1) is 15.9. The molecule has 1 saturated carbocycles. The molecular weight excluding hydrogens is 280 g/mol. The van der Waals surface area contributed by atoms with Crippen molar-refractivity contribution in [2.24, 2.45) is 0 Å². The minimum Gasteiger partial charge on any atom is -0.394 e. The van der Waals surface area contributed by atoms with Gasteiger partial charge in [0.2, 0.25) is 0 Å². The van der Waals surface area contributed by atoms with E-state index in [1.54, 1.807) is 0 Å². The molecular formula is C16H28N4O2. The van der Waals surface area contributed by atoms with E-state index in [0.29, 0.717) is 12.6 Å². The summed E-state index contributed by atoms with van der Waals surface area (Å²) in [7, 11) is 0. The van der Waals surface area contributed by atoms with E-state index in [0.717, 1.165) is 50.2 Å². The van der Waals surface area contributed by atoms with Crippen LogP contribution >= 0.6 is 0 Å². The predicted molar refractivity (Wildman–Crippen MR) is 84.8 cm³/mol. The number of hydrogen-bond acceptors (Lipinski definition) is 5. The molecule has 0 spiro atoms. The highest BCUT2D eigenvalue weighted by Gasteiger charge is 2.32. The maximum Gasteiger partial charge on any atom is 0.0826 e. The van der Waals surface area contributed by atoms with E-state index in [-0.39, 0.29) is 6.61 Å². The van der Waals surface area contributed by atoms with Crippen LogP contribution in [0.15, 0.2) is 0 Å². The van der Waals surface area contributed by atoms with Crippen molar-refractivity contribution in [2.45, 2.75) is 51.9 Å². The molecule has 6 nitrogen and oxygen atoms in total. The molecule has 0 unspecified atom stereocenters. The lowest BCUT2D eigenvalue weighted by Gasteiger charge is -2.33. The third-order valence-corrected chi connectivity index (χ3v) is 4.75. The number of aromatic nitrogens is 2. The van der Waals surface area contributed by atoms with Crippen molar-refractivity contribution in [3.05, 3.63) is 17.0 Å². The van der Waals surface area contributed by atoms with E-state index in [1.807, 2.05) is 11.6 Å². The fourth-order valence-corrected chi connectivity index (χ4v) is 3.30. The Balaban J connectivity index is 1.48. The summed E-state index contributed by atoms with van der Waals surface area (Å²) in [6, 6.07) is 0.826. The largest absolute Gasteiger partial charge is 0.394 e. The molecule has 0 aromatic carbocycles. The molecule has 22 heavy (non-hydrogen) atoms. The molecule has 0 amide bonds. The molecule has 1 aliphatic carbocycles. The van der Waals surface area contributed by atoms with Gasteiger partial charge >= 0.3 is 0 Å². The third kappa shape index (κ3) is 3.68. The summed E-state index contributed by atoms with van der Waals surface area (Å²) in [5, 5.41) is 17.1. The van der Waals surface area contributed by atoms with Crippen molar-refractivity contribution >= 4 is 0 Å². The maximum atomic E-state index is 9.07. The van der Waals surface area contributed by atoms with E-state index < -0.39 is 0 Å². The molecule has 3 rings (SSSR count). The van der Waals surface area contributed by atoms with Crippen molar-refractivity contribution < 1.29 is 9.84 Å². The first-order valence-electron chi connectivity index (χ1n) is 8.39. The molecule has 1 aromatic rings. The summed E-state index contributed by atoms with van der Waals surface area (Å²) in [6.07, 6.45) is 3.02. The van der Waals surface area contributed by atoms with Gasteiger partial charge in [-0.3, -0.25) is 9.58 Å². The second-order valence-corrected chi connectivity index (χ2v) is 6.45. The lowest BCUT2D eigenvalue weighted by molar-refractivity contribution is -0.0301. The molecule has 2 heterocycles. The van der Waals surface area contributed by atoms with Crippen molar-refractivity contribution in [1.29, 1.82) is 0 Å². The van der Waals surface area contributed by atoms with Gasteiger partial charge in [-0.15, -0.1) is 0 Å². The van der Waals surface area contributed by atoms with Crippen LogP contribution in [0.4, 0.5) is 0 Å². The van der Waals surface area contributed by atoms with Gasteiger partial charge in [-0.05, 0) is 26.7 Å². The quantitative estimate of drug-likeness (QED) is 0.765. The lowest BCUT2D eigenvalue weighted by Crippen LogP contribution is -2.47. The van der Waals surface area contributed by atoms with Gasteiger partial charge in [0.15, 0.2) is 0 Å². The molecule has 2 aliphatic rings. The third-order valence-electron chi connectivity index (χ3n) is 4.75. The summed E-state index contributed by atoms with van der Waals surface area (Å²) in [5.74, 6) is 0. The zero-order chi connectivity index (χ0) is 15.5. The zero-order valence-corrected chi connectivity index (χ0v) is 13.7. The Kier molecular flexibility index (Phi) is 5.13. The minimum atomic E-state index is 0.127. The summed E-state index contributed by atoms with van der Waals surface area (Å²) in [5.41, 5.74) is 3.43. The molecule has 2 fully saturated rings. The molecule has 0 bridgehead atoms. The van der Waals surface area contributed by atoms with E-state index in [4.69, 9.17) is 9.84 Å². The molecule has 1 atom stereocenters. The standard InChI is InChI=1S/C16H28N4O2/c1-12-16(13(2)20(18-12)5-7-21)10-17-9-15-11-19(6-8-22-15)14-3-4-14/h14-15,17,21H,3-11H2,1-2H3/t15-/m0/s1. The highest BCUT2D eigenvalue weighted by molar-refractivity contribution is 5.24. The van der Waals surface area contributed by atoms with Crippen LogP contribution in [0.2, 0.25) is 0 Å². The normalized spacial score (nSPS) is 23.1. The molecule has 6 heteroatoms. The van der Waals surface area contributed by atoms with Gasteiger partial charge in [0, 0.05) is 43.5 Å². The summed E-state index contributed by atoms with van der Waals surface area (Å²) >= 11 is 0. The van der Waals surface area contributed by atoms with Crippen LogP contribution in [-0.2, 0) is 17.8 Å². The molecule has 2 N–H and O–H groups in total. The summed E-state index contributed by atoms with van der Waals surface area (Å²) < 4.78 is 7.76. The topological polar surface area (TPSA) is 62.5 Å². The van der Waals surface area contributed by atoms with E-state index in [9.17, 15) is 0 Å². The van der Waals surface area contributed by atoms with Gasteiger partial charge in [-0.1, -0.05) is 0 Å². The van der Waals surface area contributed by atoms with E-state index >= 15 is 0 Å². The minimum absolute atomic E-state index is 0.127. The number of aliphatic hydroxyl groups excluding tert-OH is 1. The second-order valence-electron chi connectivity index (χ2n) is 6.45. The van der Waals surface area contributed by atoms with E-state index in [2.05, 4.69) is 22.2 Å². The monoisotopic (exact) mass is 308 g/mol.